The number of thiazole rings is 1. The van der Waals surface area contributed by atoms with Crippen LogP contribution in [0.4, 0.5) is 5.13 Å². The molecule has 0 saturated heterocycles. The lowest BCUT2D eigenvalue weighted by Gasteiger charge is -2.07. The van der Waals surface area contributed by atoms with Gasteiger partial charge >= 0.3 is 0 Å². The Hall–Kier alpha value is -1.87. The highest BCUT2D eigenvalue weighted by Gasteiger charge is 2.09. The van der Waals surface area contributed by atoms with E-state index in [9.17, 15) is 9.59 Å². The molecule has 2 aromatic heterocycles. The third kappa shape index (κ3) is 4.60. The fourth-order valence-electron chi connectivity index (χ4n) is 2.10. The van der Waals surface area contributed by atoms with Crippen molar-refractivity contribution in [3.8, 4) is 10.4 Å². The molecule has 1 aromatic carbocycles. The molecule has 0 aliphatic carbocycles. The smallest absolute Gasteiger partial charge is 0.253 e. The van der Waals surface area contributed by atoms with E-state index in [4.69, 9.17) is 23.8 Å². The van der Waals surface area contributed by atoms with E-state index < -0.39 is 0 Å². The molecule has 0 spiro atoms. The number of halogens is 1. The van der Waals surface area contributed by atoms with Crippen LogP contribution >= 0.6 is 46.5 Å². The second-order valence-corrected chi connectivity index (χ2v) is 8.02. The summed E-state index contributed by atoms with van der Waals surface area (Å²) in [5.74, 6) is -0.206. The van der Waals surface area contributed by atoms with E-state index in [1.54, 1.807) is 23.7 Å². The van der Waals surface area contributed by atoms with Crippen LogP contribution in [0.15, 0.2) is 46.7 Å². The van der Waals surface area contributed by atoms with E-state index in [1.165, 1.54) is 33.3 Å². The number of hydrogen-bond acceptors (Lipinski definition) is 6. The zero-order chi connectivity index (χ0) is 17.8. The first-order valence-electron chi connectivity index (χ1n) is 7.23. The summed E-state index contributed by atoms with van der Waals surface area (Å²) in [6.45, 7) is 0.228. The summed E-state index contributed by atoms with van der Waals surface area (Å²) in [6, 6.07) is 8.74. The SMILES string of the molecule is O=C(CCn1c(=O)cc(-c2ccc(Cl)cc2)sc1=S)Nc1nccs1. The van der Waals surface area contributed by atoms with Crippen LogP contribution < -0.4 is 10.9 Å². The molecule has 9 heteroatoms. The van der Waals surface area contributed by atoms with Crippen molar-refractivity contribution >= 4 is 57.5 Å². The van der Waals surface area contributed by atoms with E-state index >= 15 is 0 Å². The van der Waals surface area contributed by atoms with Crippen LogP contribution in [0.5, 0.6) is 0 Å². The van der Waals surface area contributed by atoms with Gasteiger partial charge in [0, 0.05) is 40.5 Å². The maximum atomic E-state index is 12.4. The van der Waals surface area contributed by atoms with Gasteiger partial charge in [0.1, 0.15) is 0 Å². The minimum Gasteiger partial charge on any atom is -0.302 e. The molecule has 0 aliphatic rings. The van der Waals surface area contributed by atoms with E-state index in [2.05, 4.69) is 10.3 Å². The predicted octanol–water partition coefficient (Wildman–Crippen LogP) is 4.44. The maximum absolute atomic E-state index is 12.4. The van der Waals surface area contributed by atoms with Crippen molar-refractivity contribution in [3.05, 3.63) is 61.2 Å². The summed E-state index contributed by atoms with van der Waals surface area (Å²) in [4.78, 5) is 29.1. The van der Waals surface area contributed by atoms with Crippen LogP contribution in [-0.2, 0) is 11.3 Å². The van der Waals surface area contributed by atoms with Gasteiger partial charge in [-0.3, -0.25) is 14.2 Å². The number of rotatable bonds is 5. The van der Waals surface area contributed by atoms with Gasteiger partial charge in [0.05, 0.1) is 0 Å². The average Bonchev–Trinajstić information content (AvgIpc) is 3.07. The van der Waals surface area contributed by atoms with E-state index in [1.807, 2.05) is 12.1 Å². The van der Waals surface area contributed by atoms with Gasteiger partial charge in [0.15, 0.2) is 9.09 Å². The predicted molar refractivity (Wildman–Crippen MR) is 105 cm³/mol. The Morgan fingerprint density at radius 2 is 2.08 bits per heavy atom. The van der Waals surface area contributed by atoms with Crippen molar-refractivity contribution in [2.75, 3.05) is 5.32 Å². The van der Waals surface area contributed by atoms with E-state index in [0.717, 1.165) is 10.4 Å². The van der Waals surface area contributed by atoms with Gasteiger partial charge in [-0.2, -0.15) is 0 Å². The molecule has 1 N–H and O–H groups in total. The van der Waals surface area contributed by atoms with Crippen LogP contribution in [0.25, 0.3) is 10.4 Å². The fraction of sp³-hybridized carbons (Fsp3) is 0.125. The second kappa shape index (κ2) is 8.01. The second-order valence-electron chi connectivity index (χ2n) is 5.01. The molecule has 1 amide bonds. The lowest BCUT2D eigenvalue weighted by molar-refractivity contribution is -0.116. The largest absolute Gasteiger partial charge is 0.302 e. The molecule has 128 valence electrons. The number of amides is 1. The van der Waals surface area contributed by atoms with E-state index in [-0.39, 0.29) is 24.4 Å². The quantitative estimate of drug-likeness (QED) is 0.632. The molecule has 0 aliphatic heterocycles. The molecule has 3 aromatic rings. The van der Waals surface area contributed by atoms with Crippen LogP contribution in [-0.4, -0.2) is 15.5 Å². The lowest BCUT2D eigenvalue weighted by Crippen LogP contribution is -2.22. The van der Waals surface area contributed by atoms with Crippen LogP contribution in [0.1, 0.15) is 6.42 Å². The van der Waals surface area contributed by atoms with Crippen molar-refractivity contribution < 1.29 is 4.79 Å². The Balaban J connectivity index is 1.74. The lowest BCUT2D eigenvalue weighted by atomic mass is 10.2. The molecule has 0 saturated carbocycles. The summed E-state index contributed by atoms with van der Waals surface area (Å²) in [7, 11) is 0. The van der Waals surface area contributed by atoms with Gasteiger partial charge in [-0.25, -0.2) is 4.98 Å². The zero-order valence-corrected chi connectivity index (χ0v) is 16.0. The third-order valence-corrected chi connectivity index (χ3v) is 5.69. The number of aromatic nitrogens is 2. The molecule has 0 fully saturated rings. The summed E-state index contributed by atoms with van der Waals surface area (Å²) in [6.07, 6.45) is 1.76. The number of anilines is 1. The first-order valence-corrected chi connectivity index (χ1v) is 9.71. The minimum absolute atomic E-state index is 0.149. The van der Waals surface area contributed by atoms with E-state index in [0.29, 0.717) is 14.1 Å². The Morgan fingerprint density at radius 1 is 1.32 bits per heavy atom. The normalized spacial score (nSPS) is 10.6. The molecule has 0 atom stereocenters. The zero-order valence-electron chi connectivity index (χ0n) is 12.8. The summed E-state index contributed by atoms with van der Waals surface area (Å²) in [5.41, 5.74) is 0.655. The van der Waals surface area contributed by atoms with Gasteiger partial charge in [-0.1, -0.05) is 23.7 Å². The summed E-state index contributed by atoms with van der Waals surface area (Å²) < 4.78 is 1.86. The number of nitrogens with zero attached hydrogens (tertiary/aromatic N) is 2. The molecule has 5 nitrogen and oxygen atoms in total. The molecule has 3 rings (SSSR count). The highest BCUT2D eigenvalue weighted by Crippen LogP contribution is 2.24. The first-order chi connectivity index (χ1) is 12.0. The Bertz CT molecular complexity index is 963. The molecular weight excluding hydrogens is 398 g/mol. The number of hydrogen-bond donors (Lipinski definition) is 1. The molecule has 0 unspecified atom stereocenters. The van der Waals surface area contributed by atoms with Gasteiger partial charge in [-0.15, -0.1) is 22.7 Å². The third-order valence-electron chi connectivity index (χ3n) is 3.31. The Kier molecular flexibility index (Phi) is 5.74. The fourth-order valence-corrected chi connectivity index (χ4v) is 4.11. The molecule has 2 heterocycles. The topological polar surface area (TPSA) is 64.0 Å². The highest BCUT2D eigenvalue weighted by molar-refractivity contribution is 7.73. The van der Waals surface area contributed by atoms with Crippen LogP contribution in [0, 0.1) is 3.95 Å². The van der Waals surface area contributed by atoms with Crippen molar-refractivity contribution in [1.82, 2.24) is 9.55 Å². The van der Waals surface area contributed by atoms with Crippen molar-refractivity contribution in [3.63, 3.8) is 0 Å². The standard InChI is InChI=1S/C16H12ClN3O2S3/c17-11-3-1-10(2-4-11)12-9-14(22)20(16(23)25-12)7-5-13(21)19-15-18-6-8-24-15/h1-4,6,8-9H,5,7H2,(H,18,19,21). The molecular formula is C16H12ClN3O2S3. The summed E-state index contributed by atoms with van der Waals surface area (Å²) in [5, 5.41) is 5.63. The number of benzene rings is 1. The van der Waals surface area contributed by atoms with Gasteiger partial charge in [0.2, 0.25) is 5.91 Å². The first kappa shape index (κ1) is 17.9. The molecule has 0 radical (unpaired) electrons. The monoisotopic (exact) mass is 409 g/mol. The van der Waals surface area contributed by atoms with Gasteiger partial charge in [-0.05, 0) is 29.9 Å². The van der Waals surface area contributed by atoms with Gasteiger partial charge in [0.25, 0.3) is 5.56 Å². The number of carbonyl (C=O) groups excluding carboxylic acids is 1. The Labute approximate surface area is 161 Å². The summed E-state index contributed by atoms with van der Waals surface area (Å²) >= 11 is 13.9. The molecule has 25 heavy (non-hydrogen) atoms. The maximum Gasteiger partial charge on any atom is 0.253 e. The molecule has 0 bridgehead atoms. The van der Waals surface area contributed by atoms with Crippen molar-refractivity contribution in [2.24, 2.45) is 0 Å². The number of carbonyl (C=O) groups is 1. The van der Waals surface area contributed by atoms with Crippen molar-refractivity contribution in [1.29, 1.82) is 0 Å². The minimum atomic E-state index is -0.226. The van der Waals surface area contributed by atoms with Crippen LogP contribution in [0.3, 0.4) is 0 Å². The number of nitrogens with one attached hydrogen (secondary N) is 1. The van der Waals surface area contributed by atoms with Crippen LogP contribution in [0.2, 0.25) is 5.02 Å². The Morgan fingerprint density at radius 3 is 2.72 bits per heavy atom. The highest BCUT2D eigenvalue weighted by atomic mass is 35.5. The average molecular weight is 410 g/mol. The van der Waals surface area contributed by atoms with Crippen molar-refractivity contribution in [2.45, 2.75) is 13.0 Å². The van der Waals surface area contributed by atoms with Gasteiger partial charge < -0.3 is 5.32 Å².